The molecule has 1 saturated carbocycles. The first kappa shape index (κ1) is 25.0. The van der Waals surface area contributed by atoms with Crippen LogP contribution < -0.4 is 11.1 Å². The summed E-state index contributed by atoms with van der Waals surface area (Å²) in [6.45, 7) is 0.225. The molecule has 3 atom stereocenters. The van der Waals surface area contributed by atoms with Crippen molar-refractivity contribution in [2.45, 2.75) is 81.8 Å². The number of nitrogens with zero attached hydrogens (tertiary/aromatic N) is 1. The minimum Gasteiger partial charge on any atom is -0.443 e. The predicted octanol–water partition coefficient (Wildman–Crippen LogP) is 2.47. The maximum atomic E-state index is 13.1. The maximum absolute atomic E-state index is 13.1. The second-order valence-electron chi connectivity index (χ2n) is 8.70. The summed E-state index contributed by atoms with van der Waals surface area (Å²) in [5.41, 5.74) is 6.95. The topological polar surface area (TPSA) is 102 Å². The molecule has 33 heavy (non-hydrogen) atoms. The lowest BCUT2D eigenvalue weighted by atomic mass is 9.95. The van der Waals surface area contributed by atoms with Crippen molar-refractivity contribution in [1.29, 1.82) is 0 Å². The fraction of sp³-hybridized carbons (Fsp3) is 0.609. The maximum Gasteiger partial charge on any atom is 0.490 e. The van der Waals surface area contributed by atoms with Crippen molar-refractivity contribution in [2.75, 3.05) is 6.54 Å². The molecule has 10 heteroatoms. The minimum absolute atomic E-state index is 0.191. The first-order valence-corrected chi connectivity index (χ1v) is 11.3. The van der Waals surface area contributed by atoms with E-state index in [1.807, 2.05) is 30.3 Å². The second kappa shape index (κ2) is 11.0. The van der Waals surface area contributed by atoms with Gasteiger partial charge in [0.25, 0.3) is 5.91 Å². The molecule has 0 bridgehead atoms. The fourth-order valence-corrected chi connectivity index (χ4v) is 4.57. The highest BCUT2D eigenvalue weighted by Crippen LogP contribution is 2.27. The van der Waals surface area contributed by atoms with Crippen molar-refractivity contribution in [3.63, 3.8) is 0 Å². The molecule has 1 aliphatic heterocycles. The van der Waals surface area contributed by atoms with E-state index >= 15 is 0 Å². The molecule has 0 radical (unpaired) electrons. The zero-order valence-electron chi connectivity index (χ0n) is 18.4. The van der Waals surface area contributed by atoms with Gasteiger partial charge in [-0.2, -0.15) is 13.2 Å². The average Bonchev–Trinajstić information content (AvgIpc) is 3.26. The molecule has 3 rings (SSSR count). The predicted molar refractivity (Wildman–Crippen MR) is 114 cm³/mol. The number of likely N-dealkylation sites (tertiary alicyclic amines) is 1. The van der Waals surface area contributed by atoms with Crippen LogP contribution in [0, 0.1) is 0 Å². The largest absolute Gasteiger partial charge is 0.490 e. The lowest BCUT2D eigenvalue weighted by molar-refractivity contribution is -0.207. The van der Waals surface area contributed by atoms with Crippen LogP contribution in [0.25, 0.3) is 0 Å². The summed E-state index contributed by atoms with van der Waals surface area (Å²) in [6, 6.07) is 6.96. The van der Waals surface area contributed by atoms with E-state index in [1.54, 1.807) is 0 Å². The van der Waals surface area contributed by atoms with Crippen LogP contribution in [-0.2, 0) is 25.5 Å². The van der Waals surface area contributed by atoms with Crippen molar-refractivity contribution in [1.82, 2.24) is 10.2 Å². The Kier molecular flexibility index (Phi) is 8.34. The second-order valence-corrected chi connectivity index (χ2v) is 8.70. The van der Waals surface area contributed by atoms with Crippen molar-refractivity contribution < 1.29 is 32.3 Å². The van der Waals surface area contributed by atoms with Gasteiger partial charge in [-0.3, -0.25) is 9.59 Å². The van der Waals surface area contributed by atoms with Crippen LogP contribution in [0.2, 0.25) is 0 Å². The lowest BCUT2D eigenvalue weighted by Crippen LogP contribution is -2.57. The average molecular weight is 470 g/mol. The van der Waals surface area contributed by atoms with Gasteiger partial charge in [0.1, 0.15) is 0 Å². The molecule has 1 aromatic carbocycles. The van der Waals surface area contributed by atoms with Crippen LogP contribution in [0.3, 0.4) is 0 Å². The number of carbonyl (C=O) groups excluding carboxylic acids is 3. The molecule has 1 aromatic rings. The molecule has 1 heterocycles. The first-order valence-electron chi connectivity index (χ1n) is 11.3. The number of rotatable bonds is 7. The molecule has 7 nitrogen and oxygen atoms in total. The lowest BCUT2D eigenvalue weighted by Gasteiger charge is -2.33. The molecule has 2 unspecified atom stereocenters. The molecule has 1 aliphatic carbocycles. The number of carbonyl (C=O) groups is 3. The Hall–Kier alpha value is -2.62. The van der Waals surface area contributed by atoms with E-state index in [1.165, 1.54) is 4.90 Å². The number of nitrogens with two attached hydrogens (primary N) is 1. The number of esters is 1. The van der Waals surface area contributed by atoms with Crippen LogP contribution in [0.5, 0.6) is 0 Å². The molecule has 2 fully saturated rings. The van der Waals surface area contributed by atoms with Gasteiger partial charge in [-0.05, 0) is 37.7 Å². The third-order valence-corrected chi connectivity index (χ3v) is 6.22. The Morgan fingerprint density at radius 2 is 1.73 bits per heavy atom. The molecule has 182 valence electrons. The van der Waals surface area contributed by atoms with Gasteiger partial charge in [-0.1, -0.05) is 49.6 Å². The van der Waals surface area contributed by atoms with Gasteiger partial charge in [0.15, 0.2) is 0 Å². The molecule has 1 saturated heterocycles. The van der Waals surface area contributed by atoms with E-state index in [0.29, 0.717) is 19.3 Å². The highest BCUT2D eigenvalue weighted by molar-refractivity contribution is 5.88. The van der Waals surface area contributed by atoms with E-state index in [9.17, 15) is 27.6 Å². The van der Waals surface area contributed by atoms with Crippen LogP contribution >= 0.6 is 0 Å². The van der Waals surface area contributed by atoms with Crippen LogP contribution in [0.1, 0.15) is 50.5 Å². The number of halogens is 3. The summed E-state index contributed by atoms with van der Waals surface area (Å²) < 4.78 is 43.5. The first-order chi connectivity index (χ1) is 15.7. The Labute approximate surface area is 190 Å². The SMILES string of the molecule is N[C@@H](Cc1ccccc1)C(=O)N1CCCC1C(OC(=O)C(F)(F)F)C(=O)NC1CCCCC1. The third kappa shape index (κ3) is 6.69. The summed E-state index contributed by atoms with van der Waals surface area (Å²) in [7, 11) is 0. The number of amides is 2. The minimum atomic E-state index is -5.25. The number of ether oxygens (including phenoxy) is 1. The molecule has 0 aromatic heterocycles. The standard InChI is InChI=1S/C23H30F3N3O4/c24-23(25,26)22(32)33-19(20(30)28-16-10-5-2-6-11-16)18-12-7-13-29(18)21(31)17(27)14-15-8-3-1-4-9-15/h1,3-4,8-9,16-19H,2,5-7,10-14,27H2,(H,28,30)/t17-,18?,19?/m0/s1. The number of alkyl halides is 3. The van der Waals surface area contributed by atoms with Crippen LogP contribution in [0.15, 0.2) is 30.3 Å². The van der Waals surface area contributed by atoms with E-state index in [0.717, 1.165) is 24.8 Å². The van der Waals surface area contributed by atoms with Gasteiger partial charge in [-0.15, -0.1) is 0 Å². The highest BCUT2D eigenvalue weighted by atomic mass is 19.4. The van der Waals surface area contributed by atoms with Gasteiger partial charge < -0.3 is 20.7 Å². The normalized spacial score (nSPS) is 21.3. The van der Waals surface area contributed by atoms with E-state index in [2.05, 4.69) is 10.1 Å². The smallest absolute Gasteiger partial charge is 0.443 e. The summed E-state index contributed by atoms with van der Waals surface area (Å²) in [5, 5.41) is 2.73. The van der Waals surface area contributed by atoms with Crippen LogP contribution in [0.4, 0.5) is 13.2 Å². The van der Waals surface area contributed by atoms with Gasteiger partial charge in [0.2, 0.25) is 12.0 Å². The molecular weight excluding hydrogens is 439 g/mol. The van der Waals surface area contributed by atoms with Gasteiger partial charge in [-0.25, -0.2) is 4.79 Å². The molecule has 0 spiro atoms. The van der Waals surface area contributed by atoms with Crippen molar-refractivity contribution in [3.05, 3.63) is 35.9 Å². The Bertz CT molecular complexity index is 828. The van der Waals surface area contributed by atoms with Crippen LogP contribution in [-0.4, -0.2) is 59.6 Å². The highest BCUT2D eigenvalue weighted by Gasteiger charge is 2.48. The van der Waals surface area contributed by atoms with E-state index in [-0.39, 0.29) is 25.4 Å². The molecule has 2 aliphatic rings. The number of benzene rings is 1. The summed E-state index contributed by atoms with van der Waals surface area (Å²) in [4.78, 5) is 38.9. The van der Waals surface area contributed by atoms with E-state index in [4.69, 9.17) is 5.73 Å². The number of hydrogen-bond acceptors (Lipinski definition) is 5. The van der Waals surface area contributed by atoms with Gasteiger partial charge in [0, 0.05) is 12.6 Å². The molecular formula is C23H30F3N3O4. The van der Waals surface area contributed by atoms with E-state index < -0.39 is 42.1 Å². The Balaban J connectivity index is 1.75. The number of nitrogens with one attached hydrogen (secondary N) is 1. The summed E-state index contributed by atoms with van der Waals surface area (Å²) >= 11 is 0. The van der Waals surface area contributed by atoms with Gasteiger partial charge >= 0.3 is 12.1 Å². The Morgan fingerprint density at radius 1 is 1.06 bits per heavy atom. The van der Waals surface area contributed by atoms with Gasteiger partial charge in [0.05, 0.1) is 12.1 Å². The zero-order chi connectivity index (χ0) is 24.0. The van der Waals surface area contributed by atoms with Crippen molar-refractivity contribution in [3.8, 4) is 0 Å². The molecule has 3 N–H and O–H groups in total. The quantitative estimate of drug-likeness (QED) is 0.598. The van der Waals surface area contributed by atoms with Crippen molar-refractivity contribution >= 4 is 17.8 Å². The number of hydrogen-bond donors (Lipinski definition) is 2. The molecule has 2 amide bonds. The zero-order valence-corrected chi connectivity index (χ0v) is 18.4. The third-order valence-electron chi connectivity index (χ3n) is 6.22. The summed E-state index contributed by atoms with van der Waals surface area (Å²) in [5.74, 6) is -3.74. The fourth-order valence-electron chi connectivity index (χ4n) is 4.57. The Morgan fingerprint density at radius 3 is 2.36 bits per heavy atom. The summed E-state index contributed by atoms with van der Waals surface area (Å²) in [6.07, 6.45) is -1.81. The monoisotopic (exact) mass is 469 g/mol. The van der Waals surface area contributed by atoms with Crippen molar-refractivity contribution in [2.24, 2.45) is 5.73 Å².